The Balaban J connectivity index is 2.34. The van der Waals surface area contributed by atoms with E-state index in [0.29, 0.717) is 6.61 Å². The fourth-order valence-corrected chi connectivity index (χ4v) is 2.08. The number of ether oxygens (including phenoxy) is 1. The van der Waals surface area contributed by atoms with Crippen LogP contribution in [0.25, 0.3) is 5.65 Å². The first-order valence-electron chi connectivity index (χ1n) is 7.11. The number of nitrogens with zero attached hydrogens (tertiary/aromatic N) is 4. The maximum atomic E-state index is 5.17. The monoisotopic (exact) mass is 277 g/mol. The molecule has 2 rings (SSSR count). The van der Waals surface area contributed by atoms with Crippen molar-refractivity contribution in [3.8, 4) is 0 Å². The third-order valence-corrected chi connectivity index (χ3v) is 3.16. The smallest absolute Gasteiger partial charge is 0.180 e. The molecule has 0 amide bonds. The van der Waals surface area contributed by atoms with Gasteiger partial charge in [-0.1, -0.05) is 6.92 Å². The molecule has 2 aromatic heterocycles. The highest BCUT2D eigenvalue weighted by atomic mass is 16.5. The summed E-state index contributed by atoms with van der Waals surface area (Å²) in [6, 6.07) is 0. The van der Waals surface area contributed by atoms with E-state index < -0.39 is 0 Å². The third kappa shape index (κ3) is 3.19. The summed E-state index contributed by atoms with van der Waals surface area (Å²) in [5, 5.41) is 3.33. The van der Waals surface area contributed by atoms with E-state index in [0.717, 1.165) is 43.3 Å². The number of aromatic nitrogens is 3. The highest BCUT2D eigenvalue weighted by molar-refractivity contribution is 5.66. The summed E-state index contributed by atoms with van der Waals surface area (Å²) in [5.74, 6) is 1.78. The second-order valence-electron chi connectivity index (χ2n) is 4.61. The zero-order valence-corrected chi connectivity index (χ0v) is 12.5. The van der Waals surface area contributed by atoms with Crippen LogP contribution in [-0.4, -0.2) is 47.7 Å². The topological polar surface area (TPSA) is 54.7 Å². The molecule has 6 nitrogen and oxygen atoms in total. The molecule has 0 bridgehead atoms. The van der Waals surface area contributed by atoms with Gasteiger partial charge in [-0.15, -0.1) is 0 Å². The van der Waals surface area contributed by atoms with Crippen molar-refractivity contribution >= 4 is 17.3 Å². The van der Waals surface area contributed by atoms with E-state index in [2.05, 4.69) is 29.0 Å². The predicted molar refractivity (Wildman–Crippen MR) is 81.5 cm³/mol. The van der Waals surface area contributed by atoms with E-state index in [1.165, 1.54) is 0 Å². The zero-order valence-electron chi connectivity index (χ0n) is 12.5. The molecule has 0 saturated heterocycles. The van der Waals surface area contributed by atoms with Gasteiger partial charge in [-0.2, -0.15) is 0 Å². The number of imidazole rings is 1. The molecule has 0 fully saturated rings. The van der Waals surface area contributed by atoms with Gasteiger partial charge in [-0.3, -0.25) is 0 Å². The molecule has 1 N–H and O–H groups in total. The van der Waals surface area contributed by atoms with Crippen LogP contribution in [0.4, 0.5) is 11.6 Å². The van der Waals surface area contributed by atoms with Crippen molar-refractivity contribution in [2.24, 2.45) is 0 Å². The number of anilines is 2. The fourth-order valence-electron chi connectivity index (χ4n) is 2.08. The molecule has 110 valence electrons. The average Bonchev–Trinajstić information content (AvgIpc) is 2.94. The molecule has 2 heterocycles. The summed E-state index contributed by atoms with van der Waals surface area (Å²) in [4.78, 5) is 11.3. The number of likely N-dealkylation sites (N-methyl/N-ethyl adjacent to an activating group) is 1. The van der Waals surface area contributed by atoms with Gasteiger partial charge >= 0.3 is 0 Å². The largest absolute Gasteiger partial charge is 0.383 e. The molecule has 20 heavy (non-hydrogen) atoms. The van der Waals surface area contributed by atoms with Crippen LogP contribution in [0.15, 0.2) is 18.6 Å². The average molecular weight is 277 g/mol. The Hall–Kier alpha value is -1.82. The van der Waals surface area contributed by atoms with Gasteiger partial charge in [0.1, 0.15) is 5.82 Å². The second kappa shape index (κ2) is 7.09. The van der Waals surface area contributed by atoms with Gasteiger partial charge in [0.25, 0.3) is 0 Å². The minimum Gasteiger partial charge on any atom is -0.383 e. The minimum atomic E-state index is 0.676. The van der Waals surface area contributed by atoms with Gasteiger partial charge in [0.15, 0.2) is 11.5 Å². The van der Waals surface area contributed by atoms with Gasteiger partial charge in [0.05, 0.1) is 12.8 Å². The van der Waals surface area contributed by atoms with E-state index in [1.807, 2.05) is 16.8 Å². The van der Waals surface area contributed by atoms with Crippen LogP contribution in [0.5, 0.6) is 0 Å². The molecule has 0 unspecified atom stereocenters. The van der Waals surface area contributed by atoms with Crippen molar-refractivity contribution in [3.63, 3.8) is 0 Å². The van der Waals surface area contributed by atoms with Gasteiger partial charge in [-0.05, 0) is 13.3 Å². The molecule has 0 aliphatic heterocycles. The molecule has 0 spiro atoms. The standard InChI is InChI=1S/C14H23N5O/c1-4-6-15-12-11-19-8-7-16-13(19)14(17-12)18(5-2)9-10-20-3/h7-8,11,15H,4-6,9-10H2,1-3H3. The zero-order chi connectivity index (χ0) is 14.4. The molecule has 0 aliphatic carbocycles. The number of fused-ring (bicyclic) bond motifs is 1. The first kappa shape index (κ1) is 14.6. The molecule has 0 aromatic carbocycles. The number of methoxy groups -OCH3 is 1. The summed E-state index contributed by atoms with van der Waals surface area (Å²) in [7, 11) is 1.71. The highest BCUT2D eigenvalue weighted by Gasteiger charge is 2.13. The van der Waals surface area contributed by atoms with E-state index in [4.69, 9.17) is 9.72 Å². The summed E-state index contributed by atoms with van der Waals surface area (Å²) in [6.45, 7) is 7.52. The molecule has 0 saturated carbocycles. The van der Waals surface area contributed by atoms with Crippen LogP contribution < -0.4 is 10.2 Å². The minimum absolute atomic E-state index is 0.676. The van der Waals surface area contributed by atoms with Crippen LogP contribution in [-0.2, 0) is 4.74 Å². The maximum absolute atomic E-state index is 5.17. The second-order valence-corrected chi connectivity index (χ2v) is 4.61. The van der Waals surface area contributed by atoms with Crippen molar-refractivity contribution in [2.75, 3.05) is 43.6 Å². The Morgan fingerprint density at radius 2 is 2.25 bits per heavy atom. The Labute approximate surface area is 119 Å². The van der Waals surface area contributed by atoms with E-state index >= 15 is 0 Å². The molecule has 0 atom stereocenters. The van der Waals surface area contributed by atoms with E-state index in [-0.39, 0.29) is 0 Å². The maximum Gasteiger partial charge on any atom is 0.180 e. The summed E-state index contributed by atoms with van der Waals surface area (Å²) in [6.07, 6.45) is 6.79. The number of rotatable bonds is 8. The Morgan fingerprint density at radius 1 is 1.40 bits per heavy atom. The number of hydrogen-bond donors (Lipinski definition) is 1. The fraction of sp³-hybridized carbons (Fsp3) is 0.571. The van der Waals surface area contributed by atoms with Crippen LogP contribution in [0.3, 0.4) is 0 Å². The number of hydrogen-bond acceptors (Lipinski definition) is 5. The Kier molecular flexibility index (Phi) is 5.17. The van der Waals surface area contributed by atoms with Crippen molar-refractivity contribution in [3.05, 3.63) is 18.6 Å². The molecule has 0 aliphatic rings. The van der Waals surface area contributed by atoms with E-state index in [9.17, 15) is 0 Å². The van der Waals surface area contributed by atoms with Gasteiger partial charge in [0.2, 0.25) is 0 Å². The lowest BCUT2D eigenvalue weighted by molar-refractivity contribution is 0.205. The first-order valence-corrected chi connectivity index (χ1v) is 7.11. The molecular formula is C14H23N5O. The highest BCUT2D eigenvalue weighted by Crippen LogP contribution is 2.20. The van der Waals surface area contributed by atoms with Gasteiger partial charge in [0, 0.05) is 39.1 Å². The summed E-state index contributed by atoms with van der Waals surface area (Å²) >= 11 is 0. The predicted octanol–water partition coefficient (Wildman–Crippen LogP) is 2.02. The summed E-state index contributed by atoms with van der Waals surface area (Å²) in [5.41, 5.74) is 0.880. The van der Waals surface area contributed by atoms with Crippen LogP contribution in [0.1, 0.15) is 20.3 Å². The van der Waals surface area contributed by atoms with Gasteiger partial charge in [-0.25, -0.2) is 9.97 Å². The quantitative estimate of drug-likeness (QED) is 0.800. The van der Waals surface area contributed by atoms with E-state index in [1.54, 1.807) is 13.3 Å². The van der Waals surface area contributed by atoms with Crippen LogP contribution in [0, 0.1) is 0 Å². The lowest BCUT2D eigenvalue weighted by Crippen LogP contribution is -2.28. The summed E-state index contributed by atoms with van der Waals surface area (Å²) < 4.78 is 7.18. The first-order chi connectivity index (χ1) is 9.80. The normalized spacial score (nSPS) is 10.9. The number of nitrogens with one attached hydrogen (secondary N) is 1. The Morgan fingerprint density at radius 3 is 2.95 bits per heavy atom. The van der Waals surface area contributed by atoms with Crippen molar-refractivity contribution in [2.45, 2.75) is 20.3 Å². The van der Waals surface area contributed by atoms with Crippen LogP contribution >= 0.6 is 0 Å². The molecule has 2 aromatic rings. The van der Waals surface area contributed by atoms with Crippen molar-refractivity contribution in [1.29, 1.82) is 0 Å². The van der Waals surface area contributed by atoms with Gasteiger partial charge < -0.3 is 19.4 Å². The lowest BCUT2D eigenvalue weighted by atomic mass is 10.4. The third-order valence-electron chi connectivity index (χ3n) is 3.16. The Bertz CT molecular complexity index is 539. The molecule has 0 radical (unpaired) electrons. The SMILES string of the molecule is CCCNc1cn2ccnc2c(N(CC)CCOC)n1. The van der Waals surface area contributed by atoms with Crippen molar-refractivity contribution < 1.29 is 4.74 Å². The molecular weight excluding hydrogens is 254 g/mol. The molecule has 6 heteroatoms. The van der Waals surface area contributed by atoms with Crippen LogP contribution in [0.2, 0.25) is 0 Å². The lowest BCUT2D eigenvalue weighted by Gasteiger charge is -2.22. The van der Waals surface area contributed by atoms with Crippen molar-refractivity contribution in [1.82, 2.24) is 14.4 Å².